The highest BCUT2D eigenvalue weighted by molar-refractivity contribution is 5.82. The van der Waals surface area contributed by atoms with Crippen LogP contribution in [0.25, 0.3) is 11.1 Å². The molecular formula is C28H32N2O5. The first-order valence-corrected chi connectivity index (χ1v) is 12.6. The van der Waals surface area contributed by atoms with Crippen LogP contribution in [-0.2, 0) is 14.3 Å². The Bertz CT molecular complexity index is 1070. The van der Waals surface area contributed by atoms with Gasteiger partial charge in [0.15, 0.2) is 0 Å². The van der Waals surface area contributed by atoms with Gasteiger partial charge in [-0.05, 0) is 53.9 Å². The number of nitrogens with one attached hydrogen (secondary N) is 2. The maximum absolute atomic E-state index is 13.1. The van der Waals surface area contributed by atoms with Crippen molar-refractivity contribution in [1.29, 1.82) is 0 Å². The molecule has 35 heavy (non-hydrogen) atoms. The van der Waals surface area contributed by atoms with E-state index in [0.29, 0.717) is 12.8 Å². The zero-order valence-electron chi connectivity index (χ0n) is 19.7. The Balaban J connectivity index is 1.20. The van der Waals surface area contributed by atoms with Gasteiger partial charge < -0.3 is 20.5 Å². The third-order valence-electron chi connectivity index (χ3n) is 7.66. The van der Waals surface area contributed by atoms with Gasteiger partial charge in [0.25, 0.3) is 0 Å². The van der Waals surface area contributed by atoms with Crippen molar-refractivity contribution in [3.8, 4) is 11.1 Å². The molecule has 1 unspecified atom stereocenters. The Morgan fingerprint density at radius 3 is 2.17 bits per heavy atom. The first kappa shape index (κ1) is 23.4. The Morgan fingerprint density at radius 2 is 1.54 bits per heavy atom. The van der Waals surface area contributed by atoms with E-state index in [-0.39, 0.29) is 48.8 Å². The molecule has 0 radical (unpaired) electrons. The lowest BCUT2D eigenvalue weighted by atomic mass is 9.83. The summed E-state index contributed by atoms with van der Waals surface area (Å²) in [4.78, 5) is 37.1. The summed E-state index contributed by atoms with van der Waals surface area (Å²) < 4.78 is 5.69. The van der Waals surface area contributed by atoms with Crippen molar-refractivity contribution < 1.29 is 24.2 Å². The fourth-order valence-corrected chi connectivity index (χ4v) is 5.72. The maximum Gasteiger partial charge on any atom is 0.407 e. The second-order valence-corrected chi connectivity index (χ2v) is 10.0. The topological polar surface area (TPSA) is 105 Å². The van der Waals surface area contributed by atoms with E-state index in [1.54, 1.807) is 0 Å². The molecule has 0 spiro atoms. The summed E-state index contributed by atoms with van der Waals surface area (Å²) in [6.45, 7) is 0.228. The summed E-state index contributed by atoms with van der Waals surface area (Å²) in [7, 11) is 0. The van der Waals surface area contributed by atoms with Crippen LogP contribution < -0.4 is 10.6 Å². The number of carbonyl (C=O) groups excluding carboxylic acids is 2. The van der Waals surface area contributed by atoms with Gasteiger partial charge in [0, 0.05) is 18.0 Å². The molecule has 3 aliphatic rings. The van der Waals surface area contributed by atoms with E-state index in [1.165, 1.54) is 11.1 Å². The minimum absolute atomic E-state index is 0.0195. The summed E-state index contributed by atoms with van der Waals surface area (Å²) in [5.41, 5.74) is 4.65. The Morgan fingerprint density at radius 1 is 0.914 bits per heavy atom. The van der Waals surface area contributed by atoms with Crippen molar-refractivity contribution in [2.75, 3.05) is 6.61 Å². The fourth-order valence-electron chi connectivity index (χ4n) is 5.72. The molecule has 3 atom stereocenters. The van der Waals surface area contributed by atoms with Crippen molar-refractivity contribution in [2.24, 2.45) is 11.8 Å². The molecule has 2 aromatic rings. The summed E-state index contributed by atoms with van der Waals surface area (Å²) in [5, 5.41) is 15.1. The number of ether oxygens (including phenoxy) is 1. The number of hydrogen-bond donors (Lipinski definition) is 3. The predicted molar refractivity (Wildman–Crippen MR) is 131 cm³/mol. The molecule has 5 rings (SSSR count). The van der Waals surface area contributed by atoms with Crippen LogP contribution >= 0.6 is 0 Å². The van der Waals surface area contributed by atoms with Crippen molar-refractivity contribution in [1.82, 2.24) is 10.6 Å². The van der Waals surface area contributed by atoms with E-state index >= 15 is 0 Å². The van der Waals surface area contributed by atoms with Gasteiger partial charge in [-0.2, -0.15) is 0 Å². The summed E-state index contributed by atoms with van der Waals surface area (Å²) in [6.07, 6.45) is 4.54. The van der Waals surface area contributed by atoms with Crippen molar-refractivity contribution >= 4 is 18.0 Å². The first-order valence-electron chi connectivity index (χ1n) is 12.6. The largest absolute Gasteiger partial charge is 0.481 e. The molecule has 0 aliphatic heterocycles. The predicted octanol–water partition coefficient (Wildman–Crippen LogP) is 4.45. The highest BCUT2D eigenvalue weighted by Crippen LogP contribution is 2.44. The average Bonchev–Trinajstić information content (AvgIpc) is 3.65. The van der Waals surface area contributed by atoms with Gasteiger partial charge in [-0.1, -0.05) is 61.4 Å². The normalized spacial score (nSPS) is 21.9. The van der Waals surface area contributed by atoms with Crippen LogP contribution in [0.1, 0.15) is 62.0 Å². The van der Waals surface area contributed by atoms with E-state index in [9.17, 15) is 19.5 Å². The highest BCUT2D eigenvalue weighted by atomic mass is 16.5. The SMILES string of the molecule is O=C(O)CC(NC(=O)[C@@H]1CCCC[C@@H]1NC(=O)OCC1c2ccccc2-c2ccccc21)C1CC1. The van der Waals surface area contributed by atoms with Crippen LogP contribution in [0.5, 0.6) is 0 Å². The highest BCUT2D eigenvalue weighted by Gasteiger charge is 2.38. The number of hydrogen-bond acceptors (Lipinski definition) is 4. The molecule has 7 nitrogen and oxygen atoms in total. The quantitative estimate of drug-likeness (QED) is 0.522. The minimum Gasteiger partial charge on any atom is -0.481 e. The van der Waals surface area contributed by atoms with Crippen LogP contribution in [0.4, 0.5) is 4.79 Å². The molecule has 2 aromatic carbocycles. The number of carboxylic acid groups (broad SMARTS) is 1. The molecule has 0 saturated heterocycles. The first-order chi connectivity index (χ1) is 17.0. The van der Waals surface area contributed by atoms with E-state index < -0.39 is 12.1 Å². The minimum atomic E-state index is -0.904. The molecular weight excluding hydrogens is 444 g/mol. The van der Waals surface area contributed by atoms with E-state index in [1.807, 2.05) is 24.3 Å². The third-order valence-corrected chi connectivity index (χ3v) is 7.66. The van der Waals surface area contributed by atoms with Gasteiger partial charge in [-0.25, -0.2) is 4.79 Å². The number of benzene rings is 2. The van der Waals surface area contributed by atoms with E-state index in [2.05, 4.69) is 34.9 Å². The molecule has 2 fully saturated rings. The van der Waals surface area contributed by atoms with Crippen molar-refractivity contribution in [2.45, 2.75) is 62.9 Å². The van der Waals surface area contributed by atoms with Gasteiger partial charge in [0.1, 0.15) is 6.61 Å². The standard InChI is InChI=1S/C28H32N2O5/c31-26(32)15-25(17-13-14-17)29-27(33)22-11-5-6-12-24(22)30-28(34)35-16-23-20-9-3-1-7-18(20)19-8-2-4-10-21(19)23/h1-4,7-10,17,22-25H,5-6,11-16H2,(H,29,33)(H,30,34)(H,31,32)/t22-,24+,25?/m1/s1. The van der Waals surface area contributed by atoms with Crippen molar-refractivity contribution in [3.05, 3.63) is 59.7 Å². The molecule has 0 aromatic heterocycles. The molecule has 3 aliphatic carbocycles. The van der Waals surface area contributed by atoms with Crippen LogP contribution in [0.2, 0.25) is 0 Å². The smallest absolute Gasteiger partial charge is 0.407 e. The molecule has 2 amide bonds. The second kappa shape index (κ2) is 10.1. The number of aliphatic carboxylic acids is 1. The molecule has 7 heteroatoms. The number of carbonyl (C=O) groups is 3. The molecule has 0 heterocycles. The number of fused-ring (bicyclic) bond motifs is 3. The number of amides is 2. The fraction of sp³-hybridized carbons (Fsp3) is 0.464. The zero-order valence-corrected chi connectivity index (χ0v) is 19.7. The second-order valence-electron chi connectivity index (χ2n) is 10.0. The zero-order chi connectivity index (χ0) is 24.4. The lowest BCUT2D eigenvalue weighted by Gasteiger charge is -2.32. The number of rotatable bonds is 8. The number of carboxylic acids is 1. The lowest BCUT2D eigenvalue weighted by Crippen LogP contribution is -2.51. The van der Waals surface area contributed by atoms with E-state index in [0.717, 1.165) is 36.8 Å². The van der Waals surface area contributed by atoms with E-state index in [4.69, 9.17) is 4.74 Å². The van der Waals surface area contributed by atoms with Crippen LogP contribution in [0.3, 0.4) is 0 Å². The molecule has 184 valence electrons. The van der Waals surface area contributed by atoms with Crippen molar-refractivity contribution in [3.63, 3.8) is 0 Å². The van der Waals surface area contributed by atoms with Gasteiger partial charge in [0.05, 0.1) is 12.3 Å². The van der Waals surface area contributed by atoms with Crippen LogP contribution in [0, 0.1) is 11.8 Å². The Kier molecular flexibility index (Phi) is 6.75. The third kappa shape index (κ3) is 5.19. The van der Waals surface area contributed by atoms with Gasteiger partial charge >= 0.3 is 12.1 Å². The van der Waals surface area contributed by atoms with Gasteiger partial charge in [0.2, 0.25) is 5.91 Å². The molecule has 0 bridgehead atoms. The van der Waals surface area contributed by atoms with Crippen LogP contribution in [-0.4, -0.2) is 41.8 Å². The maximum atomic E-state index is 13.1. The lowest BCUT2D eigenvalue weighted by molar-refractivity contribution is -0.138. The monoisotopic (exact) mass is 476 g/mol. The summed E-state index contributed by atoms with van der Waals surface area (Å²) in [5.74, 6) is -1.22. The summed E-state index contributed by atoms with van der Waals surface area (Å²) in [6, 6.07) is 15.7. The Hall–Kier alpha value is -3.35. The average molecular weight is 477 g/mol. The Labute approximate surface area is 205 Å². The van der Waals surface area contributed by atoms with Crippen LogP contribution in [0.15, 0.2) is 48.5 Å². The van der Waals surface area contributed by atoms with Gasteiger partial charge in [-0.15, -0.1) is 0 Å². The molecule has 2 saturated carbocycles. The number of alkyl carbamates (subject to hydrolysis) is 1. The summed E-state index contributed by atoms with van der Waals surface area (Å²) >= 11 is 0. The van der Waals surface area contributed by atoms with Gasteiger partial charge in [-0.3, -0.25) is 9.59 Å². The molecule has 3 N–H and O–H groups in total.